The van der Waals surface area contributed by atoms with Crippen LogP contribution in [0.3, 0.4) is 0 Å². The first-order valence-corrected chi connectivity index (χ1v) is 5.28. The minimum Gasteiger partial charge on any atom is -0.312 e. The van der Waals surface area contributed by atoms with E-state index in [-0.39, 0.29) is 17.2 Å². The first-order valence-electron chi connectivity index (χ1n) is 4.90. The molecule has 0 aliphatic heterocycles. The Hall–Kier alpha value is -1.23. The molecule has 0 spiro atoms. The van der Waals surface area contributed by atoms with Crippen LogP contribution >= 0.6 is 11.6 Å². The number of rotatable bonds is 2. The third-order valence-corrected chi connectivity index (χ3v) is 2.32. The van der Waals surface area contributed by atoms with Crippen LogP contribution in [0.2, 0.25) is 0 Å². The number of hydrogen-bond donors (Lipinski definition) is 1. The number of amides is 1. The molecule has 6 heteroatoms. The van der Waals surface area contributed by atoms with Crippen molar-refractivity contribution in [3.8, 4) is 0 Å². The summed E-state index contributed by atoms with van der Waals surface area (Å²) in [6.07, 6.45) is -4.45. The highest BCUT2D eigenvalue weighted by atomic mass is 35.5. The van der Waals surface area contributed by atoms with Gasteiger partial charge in [-0.15, -0.1) is 0 Å². The van der Waals surface area contributed by atoms with Crippen molar-refractivity contribution in [1.82, 2.24) is 0 Å². The van der Waals surface area contributed by atoms with Crippen LogP contribution in [0.5, 0.6) is 0 Å². The summed E-state index contributed by atoms with van der Waals surface area (Å²) in [5.41, 5.74) is -0.626. The van der Waals surface area contributed by atoms with Gasteiger partial charge in [0.1, 0.15) is 0 Å². The van der Waals surface area contributed by atoms with E-state index in [0.717, 1.165) is 6.07 Å². The quantitative estimate of drug-likeness (QED) is 0.614. The molecule has 0 saturated carbocycles. The van der Waals surface area contributed by atoms with E-state index in [1.165, 1.54) is 12.1 Å². The fraction of sp³-hybridized carbons (Fsp3) is 0.364. The third-order valence-electron chi connectivity index (χ3n) is 2.22. The fourth-order valence-electron chi connectivity index (χ4n) is 1.65. The number of nitrogens with one attached hydrogen (secondary N) is 1. The van der Waals surface area contributed by atoms with Gasteiger partial charge in [-0.1, -0.05) is 19.9 Å². The molecule has 0 saturated heterocycles. The van der Waals surface area contributed by atoms with Crippen molar-refractivity contribution in [2.45, 2.75) is 25.9 Å². The summed E-state index contributed by atoms with van der Waals surface area (Å²) in [6.45, 7) is 3.24. The molecule has 0 radical (unpaired) electrons. The first kappa shape index (κ1) is 13.8. The van der Waals surface area contributed by atoms with Crippen LogP contribution in [0.1, 0.15) is 30.9 Å². The van der Waals surface area contributed by atoms with Crippen LogP contribution in [0, 0.1) is 0 Å². The number of carbonyl (C=O) groups is 1. The largest absolute Gasteiger partial charge is 0.416 e. The van der Waals surface area contributed by atoms with Crippen molar-refractivity contribution in [3.05, 3.63) is 29.3 Å². The number of carbonyl (C=O) groups excluding carboxylic acids is 1. The SMILES string of the molecule is CC(C)c1c(NC(=O)Cl)cccc1C(F)(F)F. The third kappa shape index (κ3) is 3.36. The van der Waals surface area contributed by atoms with Crippen molar-refractivity contribution < 1.29 is 18.0 Å². The summed E-state index contributed by atoms with van der Waals surface area (Å²) in [7, 11) is 0. The number of benzene rings is 1. The average molecular weight is 266 g/mol. The smallest absolute Gasteiger partial charge is 0.312 e. The van der Waals surface area contributed by atoms with Crippen molar-refractivity contribution in [3.63, 3.8) is 0 Å². The Morgan fingerprint density at radius 1 is 1.35 bits per heavy atom. The minimum absolute atomic E-state index is 0.0361. The second kappa shape index (κ2) is 4.96. The van der Waals surface area contributed by atoms with Crippen molar-refractivity contribution >= 4 is 22.7 Å². The molecular weight excluding hydrogens is 255 g/mol. The van der Waals surface area contributed by atoms with Gasteiger partial charge >= 0.3 is 11.5 Å². The second-order valence-electron chi connectivity index (χ2n) is 3.82. The lowest BCUT2D eigenvalue weighted by molar-refractivity contribution is -0.138. The lowest BCUT2D eigenvalue weighted by atomic mass is 9.95. The van der Waals surface area contributed by atoms with Crippen LogP contribution in [0.4, 0.5) is 23.7 Å². The van der Waals surface area contributed by atoms with Gasteiger partial charge in [-0.2, -0.15) is 13.2 Å². The summed E-state index contributed by atoms with van der Waals surface area (Å²) < 4.78 is 38.3. The van der Waals surface area contributed by atoms with Crippen LogP contribution in [0.25, 0.3) is 0 Å². The molecule has 0 bridgehead atoms. The number of hydrogen-bond acceptors (Lipinski definition) is 1. The lowest BCUT2D eigenvalue weighted by Gasteiger charge is -2.19. The molecule has 94 valence electrons. The molecule has 0 atom stereocenters. The second-order valence-corrected chi connectivity index (χ2v) is 4.16. The van der Waals surface area contributed by atoms with Crippen LogP contribution < -0.4 is 5.32 Å². The summed E-state index contributed by atoms with van der Waals surface area (Å²) >= 11 is 5.12. The molecule has 1 aromatic rings. The Kier molecular flexibility index (Phi) is 4.03. The number of halogens is 4. The Labute approximate surface area is 102 Å². The van der Waals surface area contributed by atoms with Gasteiger partial charge in [-0.3, -0.25) is 4.79 Å². The Balaban J connectivity index is 3.37. The summed E-state index contributed by atoms with van der Waals surface area (Å²) in [5.74, 6) is -0.383. The molecule has 0 aliphatic carbocycles. The van der Waals surface area contributed by atoms with E-state index >= 15 is 0 Å². The monoisotopic (exact) mass is 265 g/mol. The van der Waals surface area contributed by atoms with Crippen molar-refractivity contribution in [1.29, 1.82) is 0 Å². The van der Waals surface area contributed by atoms with Crippen LogP contribution in [-0.2, 0) is 6.18 Å². The summed E-state index contributed by atoms with van der Waals surface area (Å²) in [4.78, 5) is 10.7. The zero-order valence-electron chi connectivity index (χ0n) is 9.23. The highest BCUT2D eigenvalue weighted by Gasteiger charge is 2.35. The maximum absolute atomic E-state index is 12.8. The highest BCUT2D eigenvalue weighted by molar-refractivity contribution is 6.65. The topological polar surface area (TPSA) is 29.1 Å². The van der Waals surface area contributed by atoms with Gasteiger partial charge in [0, 0.05) is 5.69 Å². The van der Waals surface area contributed by atoms with E-state index in [0.29, 0.717) is 0 Å². The highest BCUT2D eigenvalue weighted by Crippen LogP contribution is 2.38. The van der Waals surface area contributed by atoms with E-state index < -0.39 is 17.1 Å². The van der Waals surface area contributed by atoms with Crippen molar-refractivity contribution in [2.24, 2.45) is 0 Å². The first-order chi connectivity index (χ1) is 7.73. The molecule has 0 unspecified atom stereocenters. The van der Waals surface area contributed by atoms with Gasteiger partial charge in [-0.05, 0) is 35.2 Å². The van der Waals surface area contributed by atoms with E-state index in [1.807, 2.05) is 0 Å². The Bertz CT molecular complexity index is 429. The van der Waals surface area contributed by atoms with E-state index in [2.05, 4.69) is 5.32 Å². The Morgan fingerprint density at radius 2 is 1.94 bits per heavy atom. The standard InChI is InChI=1S/C11H11ClF3NO/c1-6(2)9-7(11(13,14)15)4-3-5-8(9)16-10(12)17/h3-6H,1-2H3,(H,16,17). The average Bonchev–Trinajstić information content (AvgIpc) is 2.14. The van der Waals surface area contributed by atoms with Gasteiger partial charge < -0.3 is 5.32 Å². The molecule has 0 aliphatic rings. The van der Waals surface area contributed by atoms with E-state index in [4.69, 9.17) is 11.6 Å². The fourth-order valence-corrected chi connectivity index (χ4v) is 1.75. The normalized spacial score (nSPS) is 11.7. The van der Waals surface area contributed by atoms with Gasteiger partial charge in [0.15, 0.2) is 0 Å². The summed E-state index contributed by atoms with van der Waals surface area (Å²) in [6, 6.07) is 3.61. The number of anilines is 1. The molecular formula is C11H11ClF3NO. The molecule has 1 N–H and O–H groups in total. The van der Waals surface area contributed by atoms with Crippen LogP contribution in [0.15, 0.2) is 18.2 Å². The van der Waals surface area contributed by atoms with Gasteiger partial charge in [0.2, 0.25) is 0 Å². The zero-order valence-corrected chi connectivity index (χ0v) is 9.99. The molecule has 1 aromatic carbocycles. The molecule has 0 heterocycles. The van der Waals surface area contributed by atoms with E-state index in [9.17, 15) is 18.0 Å². The maximum atomic E-state index is 12.8. The molecule has 2 nitrogen and oxygen atoms in total. The zero-order chi connectivity index (χ0) is 13.2. The van der Waals surface area contributed by atoms with Gasteiger partial charge in [-0.25, -0.2) is 0 Å². The maximum Gasteiger partial charge on any atom is 0.416 e. The molecule has 0 fully saturated rings. The van der Waals surface area contributed by atoms with Crippen LogP contribution in [-0.4, -0.2) is 5.37 Å². The van der Waals surface area contributed by atoms with Gasteiger partial charge in [0.05, 0.1) is 5.56 Å². The Morgan fingerprint density at radius 3 is 2.35 bits per heavy atom. The van der Waals surface area contributed by atoms with Gasteiger partial charge in [0.25, 0.3) is 0 Å². The predicted octanol–water partition coefficient (Wildman–Crippen LogP) is 4.60. The minimum atomic E-state index is -4.45. The summed E-state index contributed by atoms with van der Waals surface area (Å²) in [5, 5.41) is 1.28. The molecule has 17 heavy (non-hydrogen) atoms. The molecule has 0 aromatic heterocycles. The molecule has 1 amide bonds. The molecule has 1 rings (SSSR count). The number of alkyl halides is 3. The lowest BCUT2D eigenvalue weighted by Crippen LogP contribution is -2.14. The van der Waals surface area contributed by atoms with E-state index in [1.54, 1.807) is 13.8 Å². The predicted molar refractivity (Wildman–Crippen MR) is 60.4 cm³/mol. The van der Waals surface area contributed by atoms with Crippen molar-refractivity contribution in [2.75, 3.05) is 5.32 Å².